The molecule has 0 atom stereocenters. The minimum absolute atomic E-state index is 0.700. The summed E-state index contributed by atoms with van der Waals surface area (Å²) in [7, 11) is 2.10. The van der Waals surface area contributed by atoms with Crippen LogP contribution in [0.15, 0.2) is 30.3 Å². The van der Waals surface area contributed by atoms with Crippen molar-refractivity contribution in [1.82, 2.24) is 4.90 Å². The van der Waals surface area contributed by atoms with Gasteiger partial charge in [-0.2, -0.15) is 0 Å². The molecule has 2 N–H and O–H groups in total. The van der Waals surface area contributed by atoms with Gasteiger partial charge in [0.15, 0.2) is 0 Å². The normalized spacial score (nSPS) is 10.9. The van der Waals surface area contributed by atoms with E-state index in [1.807, 2.05) is 18.2 Å². The van der Waals surface area contributed by atoms with Gasteiger partial charge in [-0.15, -0.1) is 0 Å². The van der Waals surface area contributed by atoms with Crippen LogP contribution in [0.5, 0.6) is 0 Å². The lowest BCUT2D eigenvalue weighted by atomic mass is 10.2. The van der Waals surface area contributed by atoms with Crippen LogP contribution in [0.3, 0.4) is 0 Å². The molecule has 0 aliphatic heterocycles. The maximum absolute atomic E-state index is 5.60. The van der Waals surface area contributed by atoms with Crippen LogP contribution in [0.25, 0.3) is 0 Å². The molecule has 1 rings (SSSR count). The molecule has 0 saturated heterocycles. The van der Waals surface area contributed by atoms with Crippen LogP contribution >= 0.6 is 0 Å². The standard InChI is InChI=1S/C13H22N2O/c1-15(9-5-8-14)10-11-16-12-13-6-3-2-4-7-13/h2-4,6-7H,5,8-12,14H2,1H3. The van der Waals surface area contributed by atoms with Crippen LogP contribution < -0.4 is 5.73 Å². The molecule has 1 aromatic carbocycles. The minimum atomic E-state index is 0.700. The predicted octanol–water partition coefficient (Wildman–Crippen LogP) is 1.48. The topological polar surface area (TPSA) is 38.5 Å². The Balaban J connectivity index is 2.03. The van der Waals surface area contributed by atoms with Crippen LogP contribution in [0, 0.1) is 0 Å². The van der Waals surface area contributed by atoms with Gasteiger partial charge in [-0.3, -0.25) is 0 Å². The molecular weight excluding hydrogens is 200 g/mol. The van der Waals surface area contributed by atoms with Gasteiger partial charge in [0.25, 0.3) is 0 Å². The Kier molecular flexibility index (Phi) is 6.81. The van der Waals surface area contributed by atoms with Crippen molar-refractivity contribution in [2.24, 2.45) is 5.73 Å². The first-order valence-electron chi connectivity index (χ1n) is 5.83. The molecule has 16 heavy (non-hydrogen) atoms. The largest absolute Gasteiger partial charge is 0.375 e. The van der Waals surface area contributed by atoms with Gasteiger partial charge in [-0.05, 0) is 32.1 Å². The third kappa shape index (κ3) is 5.85. The molecule has 0 unspecified atom stereocenters. The van der Waals surface area contributed by atoms with E-state index >= 15 is 0 Å². The molecule has 0 amide bonds. The van der Waals surface area contributed by atoms with Crippen molar-refractivity contribution < 1.29 is 4.74 Å². The zero-order chi connectivity index (χ0) is 11.6. The molecule has 0 fully saturated rings. The molecule has 0 saturated carbocycles. The number of hydrogen-bond donors (Lipinski definition) is 1. The van der Waals surface area contributed by atoms with Gasteiger partial charge in [0.2, 0.25) is 0 Å². The lowest BCUT2D eigenvalue weighted by Crippen LogP contribution is -2.25. The molecule has 0 spiro atoms. The van der Waals surface area contributed by atoms with E-state index in [1.165, 1.54) is 5.56 Å². The van der Waals surface area contributed by atoms with Crippen molar-refractivity contribution in [3.63, 3.8) is 0 Å². The molecule has 0 aliphatic rings. The van der Waals surface area contributed by atoms with Crippen molar-refractivity contribution in [2.45, 2.75) is 13.0 Å². The summed E-state index contributed by atoms with van der Waals surface area (Å²) in [5.74, 6) is 0. The highest BCUT2D eigenvalue weighted by molar-refractivity contribution is 5.13. The van der Waals surface area contributed by atoms with Crippen LogP contribution in [0.4, 0.5) is 0 Å². The summed E-state index contributed by atoms with van der Waals surface area (Å²) in [6.45, 7) is 4.24. The summed E-state index contributed by atoms with van der Waals surface area (Å²) in [4.78, 5) is 2.25. The molecule has 0 aliphatic carbocycles. The number of rotatable bonds is 8. The third-order valence-electron chi connectivity index (χ3n) is 2.47. The highest BCUT2D eigenvalue weighted by Crippen LogP contribution is 2.00. The number of nitrogens with two attached hydrogens (primary N) is 1. The molecule has 0 bridgehead atoms. The summed E-state index contributed by atoms with van der Waals surface area (Å²) in [5.41, 5.74) is 6.68. The fourth-order valence-corrected chi connectivity index (χ4v) is 1.46. The smallest absolute Gasteiger partial charge is 0.0717 e. The van der Waals surface area contributed by atoms with Crippen molar-refractivity contribution >= 4 is 0 Å². The number of ether oxygens (including phenoxy) is 1. The van der Waals surface area contributed by atoms with Gasteiger partial charge >= 0.3 is 0 Å². The number of likely N-dealkylation sites (N-methyl/N-ethyl adjacent to an activating group) is 1. The van der Waals surface area contributed by atoms with E-state index in [0.29, 0.717) is 6.61 Å². The summed E-state index contributed by atoms with van der Waals surface area (Å²) in [6.07, 6.45) is 1.05. The quantitative estimate of drug-likeness (QED) is 0.677. The zero-order valence-corrected chi connectivity index (χ0v) is 10.1. The second kappa shape index (κ2) is 8.28. The SMILES string of the molecule is CN(CCCN)CCOCc1ccccc1. The van der Waals surface area contributed by atoms with Crippen molar-refractivity contribution in [3.8, 4) is 0 Å². The molecular formula is C13H22N2O. The number of hydrogen-bond acceptors (Lipinski definition) is 3. The summed E-state index contributed by atoms with van der Waals surface area (Å²) >= 11 is 0. The van der Waals surface area contributed by atoms with E-state index in [1.54, 1.807) is 0 Å². The maximum atomic E-state index is 5.60. The Bertz CT molecular complexity index is 264. The molecule has 3 nitrogen and oxygen atoms in total. The van der Waals surface area contributed by atoms with Crippen molar-refractivity contribution in [1.29, 1.82) is 0 Å². The van der Waals surface area contributed by atoms with Crippen LogP contribution in [-0.4, -0.2) is 38.2 Å². The van der Waals surface area contributed by atoms with E-state index in [9.17, 15) is 0 Å². The van der Waals surface area contributed by atoms with Gasteiger partial charge in [0.1, 0.15) is 0 Å². The zero-order valence-electron chi connectivity index (χ0n) is 10.1. The van der Waals surface area contributed by atoms with E-state index in [-0.39, 0.29) is 0 Å². The molecule has 1 aromatic rings. The van der Waals surface area contributed by atoms with Gasteiger partial charge in [-0.1, -0.05) is 30.3 Å². The second-order valence-electron chi connectivity index (χ2n) is 3.98. The monoisotopic (exact) mass is 222 g/mol. The van der Waals surface area contributed by atoms with Gasteiger partial charge in [0.05, 0.1) is 13.2 Å². The average molecular weight is 222 g/mol. The third-order valence-corrected chi connectivity index (χ3v) is 2.47. The summed E-state index contributed by atoms with van der Waals surface area (Å²) < 4.78 is 5.60. The molecule has 90 valence electrons. The lowest BCUT2D eigenvalue weighted by molar-refractivity contribution is 0.0995. The maximum Gasteiger partial charge on any atom is 0.0717 e. The summed E-state index contributed by atoms with van der Waals surface area (Å²) in [5, 5.41) is 0. The van der Waals surface area contributed by atoms with Crippen molar-refractivity contribution in [2.75, 3.05) is 33.3 Å². The molecule has 0 heterocycles. The van der Waals surface area contributed by atoms with E-state index < -0.39 is 0 Å². The fourth-order valence-electron chi connectivity index (χ4n) is 1.46. The Hall–Kier alpha value is -0.900. The number of nitrogens with zero attached hydrogens (tertiary/aromatic N) is 1. The predicted molar refractivity (Wildman–Crippen MR) is 67.3 cm³/mol. The molecule has 3 heteroatoms. The van der Waals surface area contributed by atoms with E-state index in [2.05, 4.69) is 24.1 Å². The Morgan fingerprint density at radius 3 is 2.62 bits per heavy atom. The number of benzene rings is 1. The van der Waals surface area contributed by atoms with Gasteiger partial charge < -0.3 is 15.4 Å². The first-order chi connectivity index (χ1) is 7.83. The minimum Gasteiger partial charge on any atom is -0.375 e. The van der Waals surface area contributed by atoms with Gasteiger partial charge in [0, 0.05) is 6.54 Å². The Labute approximate surface area is 98.2 Å². The van der Waals surface area contributed by atoms with Gasteiger partial charge in [-0.25, -0.2) is 0 Å². The van der Waals surface area contributed by atoms with E-state index in [0.717, 1.165) is 32.7 Å². The van der Waals surface area contributed by atoms with Crippen molar-refractivity contribution in [3.05, 3.63) is 35.9 Å². The average Bonchev–Trinajstić information content (AvgIpc) is 2.33. The van der Waals surface area contributed by atoms with Crippen LogP contribution in [-0.2, 0) is 11.3 Å². The summed E-state index contributed by atoms with van der Waals surface area (Å²) in [6, 6.07) is 10.2. The second-order valence-corrected chi connectivity index (χ2v) is 3.98. The van der Waals surface area contributed by atoms with Crippen LogP contribution in [0.1, 0.15) is 12.0 Å². The fraction of sp³-hybridized carbons (Fsp3) is 0.538. The van der Waals surface area contributed by atoms with Crippen LogP contribution in [0.2, 0.25) is 0 Å². The highest BCUT2D eigenvalue weighted by atomic mass is 16.5. The first kappa shape index (κ1) is 13.2. The Morgan fingerprint density at radius 2 is 1.94 bits per heavy atom. The molecule has 0 radical (unpaired) electrons. The van der Waals surface area contributed by atoms with E-state index in [4.69, 9.17) is 10.5 Å². The first-order valence-corrected chi connectivity index (χ1v) is 5.83. The molecule has 0 aromatic heterocycles. The Morgan fingerprint density at radius 1 is 1.19 bits per heavy atom. The highest BCUT2D eigenvalue weighted by Gasteiger charge is 1.97. The lowest BCUT2D eigenvalue weighted by Gasteiger charge is -2.15.